The number of methoxy groups -OCH3 is 1. The van der Waals surface area contributed by atoms with Crippen molar-refractivity contribution < 1.29 is 14.2 Å². The molecule has 1 aliphatic carbocycles. The monoisotopic (exact) mass is 281 g/mol. The zero-order valence-corrected chi connectivity index (χ0v) is 12.3. The van der Waals surface area contributed by atoms with Crippen LogP contribution in [-0.4, -0.2) is 24.4 Å². The van der Waals surface area contributed by atoms with Gasteiger partial charge in [0.2, 0.25) is 0 Å². The van der Waals surface area contributed by atoms with Crippen LogP contribution >= 0.6 is 0 Å². The summed E-state index contributed by atoms with van der Waals surface area (Å²) in [6.45, 7) is 2.59. The Balaban J connectivity index is 1.95. The fourth-order valence-corrected chi connectivity index (χ4v) is 2.79. The Kier molecular flexibility index (Phi) is 5.00. The van der Waals surface area contributed by atoms with E-state index in [-0.39, 0.29) is 17.6 Å². The molecule has 112 valence electrons. The fourth-order valence-electron chi connectivity index (χ4n) is 2.79. The van der Waals surface area contributed by atoms with E-state index >= 15 is 0 Å². The molecule has 0 bridgehead atoms. The van der Waals surface area contributed by atoms with Crippen LogP contribution in [0.1, 0.15) is 50.6 Å². The van der Waals surface area contributed by atoms with Crippen molar-refractivity contribution in [2.75, 3.05) is 13.7 Å². The van der Waals surface area contributed by atoms with Crippen molar-refractivity contribution in [2.24, 2.45) is 0 Å². The Labute approximate surface area is 120 Å². The number of ether oxygens (including phenoxy) is 1. The van der Waals surface area contributed by atoms with Crippen LogP contribution in [-0.2, 0) is 0 Å². The molecule has 2 rings (SSSR count). The molecule has 0 aromatic heterocycles. The van der Waals surface area contributed by atoms with Gasteiger partial charge in [-0.2, -0.15) is 0 Å². The van der Waals surface area contributed by atoms with E-state index in [4.69, 9.17) is 4.74 Å². The molecule has 3 nitrogen and oxygen atoms in total. The predicted molar refractivity (Wildman–Crippen MR) is 77.4 cm³/mol. The third kappa shape index (κ3) is 3.70. The summed E-state index contributed by atoms with van der Waals surface area (Å²) in [5.74, 6) is -0.0955. The SMILES string of the molecule is COc1cc(C(C)NCC2(O)CCCCC2)ccc1F. The molecule has 0 aliphatic heterocycles. The molecule has 1 aromatic rings. The highest BCUT2D eigenvalue weighted by Gasteiger charge is 2.29. The molecule has 0 amide bonds. The molecule has 1 fully saturated rings. The maximum Gasteiger partial charge on any atom is 0.165 e. The number of halogens is 1. The quantitative estimate of drug-likeness (QED) is 0.871. The van der Waals surface area contributed by atoms with Gasteiger partial charge in [0.05, 0.1) is 12.7 Å². The van der Waals surface area contributed by atoms with Crippen LogP contribution in [0.25, 0.3) is 0 Å². The minimum absolute atomic E-state index is 0.0513. The van der Waals surface area contributed by atoms with Gasteiger partial charge in [-0.05, 0) is 37.5 Å². The van der Waals surface area contributed by atoms with Gasteiger partial charge >= 0.3 is 0 Å². The first-order valence-corrected chi connectivity index (χ1v) is 7.33. The largest absolute Gasteiger partial charge is 0.494 e. The molecule has 0 saturated heterocycles. The maximum absolute atomic E-state index is 13.4. The minimum atomic E-state index is -0.587. The first-order valence-electron chi connectivity index (χ1n) is 7.33. The molecule has 0 radical (unpaired) electrons. The number of hydrogen-bond acceptors (Lipinski definition) is 3. The number of hydrogen-bond donors (Lipinski definition) is 2. The number of benzene rings is 1. The molecular formula is C16H24FNO2. The third-order valence-electron chi connectivity index (χ3n) is 4.20. The Hall–Kier alpha value is -1.13. The van der Waals surface area contributed by atoms with Gasteiger partial charge in [0.25, 0.3) is 0 Å². The van der Waals surface area contributed by atoms with E-state index < -0.39 is 5.60 Å². The van der Waals surface area contributed by atoms with Crippen LogP contribution in [0, 0.1) is 5.82 Å². The second kappa shape index (κ2) is 6.55. The third-order valence-corrected chi connectivity index (χ3v) is 4.20. The second-order valence-corrected chi connectivity index (χ2v) is 5.78. The van der Waals surface area contributed by atoms with Crippen LogP contribution in [0.3, 0.4) is 0 Å². The van der Waals surface area contributed by atoms with Crippen LogP contribution in [0.15, 0.2) is 18.2 Å². The van der Waals surface area contributed by atoms with Crippen LogP contribution in [0.5, 0.6) is 5.75 Å². The van der Waals surface area contributed by atoms with E-state index in [9.17, 15) is 9.50 Å². The topological polar surface area (TPSA) is 41.5 Å². The molecule has 2 N–H and O–H groups in total. The van der Waals surface area contributed by atoms with E-state index in [2.05, 4.69) is 5.32 Å². The summed E-state index contributed by atoms with van der Waals surface area (Å²) in [5, 5.41) is 13.8. The van der Waals surface area contributed by atoms with Crippen molar-refractivity contribution in [1.82, 2.24) is 5.32 Å². The Bertz CT molecular complexity index is 444. The predicted octanol–water partition coefficient (Wildman–Crippen LogP) is 3.18. The highest BCUT2D eigenvalue weighted by molar-refractivity contribution is 5.31. The highest BCUT2D eigenvalue weighted by atomic mass is 19.1. The summed E-state index contributed by atoms with van der Waals surface area (Å²) in [7, 11) is 1.46. The normalized spacial score (nSPS) is 19.6. The summed E-state index contributed by atoms with van der Waals surface area (Å²) >= 11 is 0. The van der Waals surface area contributed by atoms with Crippen molar-refractivity contribution in [3.63, 3.8) is 0 Å². The molecule has 1 unspecified atom stereocenters. The van der Waals surface area contributed by atoms with Gasteiger partial charge in [0, 0.05) is 12.6 Å². The van der Waals surface area contributed by atoms with E-state index in [0.717, 1.165) is 31.2 Å². The number of aliphatic hydroxyl groups is 1. The summed E-state index contributed by atoms with van der Waals surface area (Å²) in [4.78, 5) is 0. The van der Waals surface area contributed by atoms with Crippen molar-refractivity contribution in [3.8, 4) is 5.75 Å². The lowest BCUT2D eigenvalue weighted by Gasteiger charge is -2.33. The summed E-state index contributed by atoms with van der Waals surface area (Å²) in [6.07, 6.45) is 5.12. The first kappa shape index (κ1) is 15.3. The van der Waals surface area contributed by atoms with Crippen molar-refractivity contribution in [3.05, 3.63) is 29.6 Å². The average Bonchev–Trinajstić information content (AvgIpc) is 2.46. The Morgan fingerprint density at radius 2 is 2.05 bits per heavy atom. The van der Waals surface area contributed by atoms with Gasteiger partial charge in [-0.3, -0.25) is 0 Å². The van der Waals surface area contributed by atoms with E-state index in [1.807, 2.05) is 6.92 Å². The Morgan fingerprint density at radius 3 is 2.70 bits per heavy atom. The molecule has 1 aliphatic rings. The van der Waals surface area contributed by atoms with E-state index in [1.165, 1.54) is 19.6 Å². The van der Waals surface area contributed by atoms with Crippen LogP contribution in [0.4, 0.5) is 4.39 Å². The lowest BCUT2D eigenvalue weighted by Crippen LogP contribution is -2.42. The molecular weight excluding hydrogens is 257 g/mol. The number of rotatable bonds is 5. The lowest BCUT2D eigenvalue weighted by atomic mass is 9.84. The van der Waals surface area contributed by atoms with Crippen molar-refractivity contribution in [1.29, 1.82) is 0 Å². The summed E-state index contributed by atoms with van der Waals surface area (Å²) < 4.78 is 18.4. The second-order valence-electron chi connectivity index (χ2n) is 5.78. The lowest BCUT2D eigenvalue weighted by molar-refractivity contribution is 0.00300. The van der Waals surface area contributed by atoms with Gasteiger partial charge in [0.1, 0.15) is 0 Å². The van der Waals surface area contributed by atoms with Crippen LogP contribution in [0.2, 0.25) is 0 Å². The molecule has 4 heteroatoms. The number of nitrogens with one attached hydrogen (secondary N) is 1. The molecule has 1 aromatic carbocycles. The smallest absolute Gasteiger partial charge is 0.165 e. The van der Waals surface area contributed by atoms with Crippen molar-refractivity contribution in [2.45, 2.75) is 50.7 Å². The highest BCUT2D eigenvalue weighted by Crippen LogP contribution is 2.28. The Morgan fingerprint density at radius 1 is 1.35 bits per heavy atom. The fraction of sp³-hybridized carbons (Fsp3) is 0.625. The zero-order chi connectivity index (χ0) is 14.6. The first-order chi connectivity index (χ1) is 9.54. The van der Waals surface area contributed by atoms with Crippen LogP contribution < -0.4 is 10.1 Å². The van der Waals surface area contributed by atoms with E-state index in [1.54, 1.807) is 12.1 Å². The molecule has 1 saturated carbocycles. The van der Waals surface area contributed by atoms with Gasteiger partial charge in [-0.15, -0.1) is 0 Å². The minimum Gasteiger partial charge on any atom is -0.494 e. The standard InChI is InChI=1S/C16H24FNO2/c1-12(13-6-7-14(17)15(10-13)20-2)18-11-16(19)8-4-3-5-9-16/h6-7,10,12,18-19H,3-5,8-9,11H2,1-2H3. The molecule has 0 spiro atoms. The zero-order valence-electron chi connectivity index (χ0n) is 12.3. The van der Waals surface area contributed by atoms with Gasteiger partial charge in [-0.1, -0.05) is 25.3 Å². The summed E-state index contributed by atoms with van der Waals surface area (Å²) in [5.41, 5.74) is 0.374. The molecule has 0 heterocycles. The van der Waals surface area contributed by atoms with Crippen molar-refractivity contribution >= 4 is 0 Å². The van der Waals surface area contributed by atoms with Gasteiger partial charge in [0.15, 0.2) is 11.6 Å². The van der Waals surface area contributed by atoms with Gasteiger partial charge < -0.3 is 15.2 Å². The summed E-state index contributed by atoms with van der Waals surface area (Å²) in [6, 6.07) is 4.93. The molecule has 1 atom stereocenters. The molecule has 20 heavy (non-hydrogen) atoms. The average molecular weight is 281 g/mol. The van der Waals surface area contributed by atoms with Gasteiger partial charge in [-0.25, -0.2) is 4.39 Å². The maximum atomic E-state index is 13.4. The van der Waals surface area contributed by atoms with E-state index in [0.29, 0.717) is 6.54 Å².